The number of nitrogens with zero attached hydrogens (tertiary/aromatic N) is 2. The minimum absolute atomic E-state index is 0.822. The summed E-state index contributed by atoms with van der Waals surface area (Å²) in [5.74, 6) is 0. The lowest BCUT2D eigenvalue weighted by atomic mass is 10.1. The maximum Gasteiger partial charge on any atom is 0.173 e. The summed E-state index contributed by atoms with van der Waals surface area (Å²) in [4.78, 5) is 7.73. The molecular weight excluding hydrogens is 328 g/mol. The van der Waals surface area contributed by atoms with Gasteiger partial charge < -0.3 is 15.1 Å². The van der Waals surface area contributed by atoms with Crippen LogP contribution in [-0.2, 0) is 6.42 Å². The predicted molar refractivity (Wildman–Crippen MR) is 108 cm³/mol. The van der Waals surface area contributed by atoms with Crippen LogP contribution in [0.25, 0.3) is 0 Å². The van der Waals surface area contributed by atoms with E-state index in [1.54, 1.807) is 0 Å². The van der Waals surface area contributed by atoms with Gasteiger partial charge in [0.05, 0.1) is 0 Å². The van der Waals surface area contributed by atoms with Gasteiger partial charge >= 0.3 is 0 Å². The number of unbranched alkanes of at least 4 members (excludes halogenated alkanes) is 1. The SMILES string of the molecule is CCCCc1ccc(NC(=S)N2CCN(c3cc[nH+]cc3)CC2)cc1. The van der Waals surface area contributed by atoms with Crippen molar-refractivity contribution in [2.45, 2.75) is 26.2 Å². The van der Waals surface area contributed by atoms with E-state index in [9.17, 15) is 0 Å². The molecular formula is C20H27N4S+. The lowest BCUT2D eigenvalue weighted by molar-refractivity contribution is -0.377. The van der Waals surface area contributed by atoms with Gasteiger partial charge in [-0.2, -0.15) is 0 Å². The van der Waals surface area contributed by atoms with Gasteiger partial charge in [0.2, 0.25) is 0 Å². The number of rotatable bonds is 5. The first kappa shape index (κ1) is 17.7. The molecule has 1 fully saturated rings. The molecule has 0 saturated carbocycles. The van der Waals surface area contributed by atoms with Crippen molar-refractivity contribution < 1.29 is 4.98 Å². The number of benzene rings is 1. The summed E-state index contributed by atoms with van der Waals surface area (Å²) >= 11 is 5.61. The topological polar surface area (TPSA) is 32.6 Å². The van der Waals surface area contributed by atoms with E-state index in [-0.39, 0.29) is 0 Å². The molecule has 0 atom stereocenters. The number of piperazine rings is 1. The van der Waals surface area contributed by atoms with Crippen molar-refractivity contribution in [1.82, 2.24) is 4.90 Å². The summed E-state index contributed by atoms with van der Waals surface area (Å²) < 4.78 is 0. The van der Waals surface area contributed by atoms with E-state index in [0.717, 1.165) is 43.4 Å². The van der Waals surface area contributed by atoms with Crippen molar-refractivity contribution in [3.63, 3.8) is 0 Å². The molecule has 0 amide bonds. The molecule has 25 heavy (non-hydrogen) atoms. The molecule has 132 valence electrons. The number of pyridine rings is 1. The van der Waals surface area contributed by atoms with Crippen LogP contribution in [0.2, 0.25) is 0 Å². The fourth-order valence-electron chi connectivity index (χ4n) is 3.09. The molecule has 2 aromatic rings. The first-order valence-corrected chi connectivity index (χ1v) is 9.53. The third kappa shape index (κ3) is 4.92. The lowest BCUT2D eigenvalue weighted by Gasteiger charge is -2.37. The van der Waals surface area contributed by atoms with Crippen molar-refractivity contribution in [3.05, 3.63) is 54.4 Å². The zero-order valence-electron chi connectivity index (χ0n) is 14.9. The van der Waals surface area contributed by atoms with Crippen molar-refractivity contribution in [2.24, 2.45) is 0 Å². The first-order chi connectivity index (χ1) is 12.3. The normalized spacial score (nSPS) is 14.4. The molecule has 3 rings (SSSR count). The summed E-state index contributed by atoms with van der Waals surface area (Å²) in [6.07, 6.45) is 7.57. The quantitative estimate of drug-likeness (QED) is 0.834. The lowest BCUT2D eigenvalue weighted by Crippen LogP contribution is -2.50. The average Bonchev–Trinajstić information content (AvgIpc) is 2.68. The molecule has 0 bridgehead atoms. The number of anilines is 2. The Morgan fingerprint density at radius 3 is 2.36 bits per heavy atom. The molecule has 0 aliphatic carbocycles. The number of nitrogens with one attached hydrogen (secondary N) is 2. The highest BCUT2D eigenvalue weighted by Gasteiger charge is 2.19. The molecule has 1 aromatic carbocycles. The van der Waals surface area contributed by atoms with Gasteiger partial charge in [-0.1, -0.05) is 25.5 Å². The molecule has 4 nitrogen and oxygen atoms in total. The highest BCUT2D eigenvalue weighted by Crippen LogP contribution is 2.16. The molecule has 1 aliphatic heterocycles. The number of hydrogen-bond donors (Lipinski definition) is 1. The van der Waals surface area contributed by atoms with Gasteiger partial charge in [-0.25, -0.2) is 4.98 Å². The van der Waals surface area contributed by atoms with E-state index < -0.39 is 0 Å². The molecule has 0 unspecified atom stereocenters. The molecule has 1 aromatic heterocycles. The summed E-state index contributed by atoms with van der Waals surface area (Å²) in [6, 6.07) is 12.9. The van der Waals surface area contributed by atoms with E-state index in [0.29, 0.717) is 0 Å². The van der Waals surface area contributed by atoms with Crippen LogP contribution in [0.15, 0.2) is 48.8 Å². The summed E-state index contributed by atoms with van der Waals surface area (Å²) in [5, 5.41) is 4.21. The molecule has 1 saturated heterocycles. The Balaban J connectivity index is 1.49. The smallest absolute Gasteiger partial charge is 0.173 e. The maximum atomic E-state index is 5.61. The van der Waals surface area contributed by atoms with Gasteiger partial charge in [-0.15, -0.1) is 0 Å². The largest absolute Gasteiger partial charge is 0.368 e. The van der Waals surface area contributed by atoms with Crippen LogP contribution in [0.5, 0.6) is 0 Å². The fraction of sp³-hybridized carbons (Fsp3) is 0.400. The maximum absolute atomic E-state index is 5.61. The van der Waals surface area contributed by atoms with Crippen molar-refractivity contribution in [2.75, 3.05) is 36.4 Å². The van der Waals surface area contributed by atoms with Crippen molar-refractivity contribution >= 4 is 28.7 Å². The molecule has 2 heterocycles. The standard InChI is InChI=1S/C20H26N4S/c1-2-3-4-17-5-7-18(8-6-17)22-20(25)24-15-13-23(14-16-24)19-9-11-21-12-10-19/h5-12H,2-4,13-16H2,1H3,(H,22,25)/p+1. The van der Waals surface area contributed by atoms with Crippen molar-refractivity contribution in [1.29, 1.82) is 0 Å². The second-order valence-corrected chi connectivity index (χ2v) is 6.85. The first-order valence-electron chi connectivity index (χ1n) is 9.12. The minimum atomic E-state index is 0.822. The van der Waals surface area contributed by atoms with E-state index in [2.05, 4.69) is 63.4 Å². The second kappa shape index (κ2) is 8.81. The number of aromatic nitrogens is 1. The Labute approximate surface area is 155 Å². The van der Waals surface area contributed by atoms with Crippen LogP contribution >= 0.6 is 12.2 Å². The minimum Gasteiger partial charge on any atom is -0.368 e. The van der Waals surface area contributed by atoms with Gasteiger partial charge in [0, 0.05) is 49.7 Å². The molecule has 0 spiro atoms. The fourth-order valence-corrected chi connectivity index (χ4v) is 3.40. The zero-order valence-corrected chi connectivity index (χ0v) is 15.7. The highest BCUT2D eigenvalue weighted by atomic mass is 32.1. The number of aryl methyl sites for hydroxylation is 1. The third-order valence-corrected chi connectivity index (χ3v) is 5.02. The Morgan fingerprint density at radius 2 is 1.72 bits per heavy atom. The number of H-pyrrole nitrogens is 1. The van der Waals surface area contributed by atoms with E-state index in [1.165, 1.54) is 24.1 Å². The Hall–Kier alpha value is -2.14. The van der Waals surface area contributed by atoms with Crippen LogP contribution in [0.4, 0.5) is 11.4 Å². The second-order valence-electron chi connectivity index (χ2n) is 6.46. The van der Waals surface area contributed by atoms with Crippen LogP contribution in [-0.4, -0.2) is 36.2 Å². The Morgan fingerprint density at radius 1 is 1.04 bits per heavy atom. The van der Waals surface area contributed by atoms with Gasteiger partial charge in [-0.05, 0) is 42.8 Å². The van der Waals surface area contributed by atoms with Crippen molar-refractivity contribution in [3.8, 4) is 0 Å². The van der Waals surface area contributed by atoms with Gasteiger partial charge in [0.25, 0.3) is 0 Å². The molecule has 5 heteroatoms. The van der Waals surface area contributed by atoms with E-state index in [1.807, 2.05) is 12.4 Å². The monoisotopic (exact) mass is 355 g/mol. The van der Waals surface area contributed by atoms with Crippen LogP contribution in [0.3, 0.4) is 0 Å². The third-order valence-electron chi connectivity index (χ3n) is 4.66. The molecule has 2 N–H and O–H groups in total. The summed E-state index contributed by atoms with van der Waals surface area (Å²) in [7, 11) is 0. The molecule has 1 aliphatic rings. The number of hydrogen-bond acceptors (Lipinski definition) is 2. The number of thiocarbonyl (C=S) groups is 1. The highest BCUT2D eigenvalue weighted by molar-refractivity contribution is 7.80. The van der Waals surface area contributed by atoms with E-state index in [4.69, 9.17) is 12.2 Å². The van der Waals surface area contributed by atoms with Gasteiger partial charge in [-0.3, -0.25) is 0 Å². The zero-order chi connectivity index (χ0) is 17.5. The number of aromatic amines is 1. The van der Waals surface area contributed by atoms with E-state index >= 15 is 0 Å². The summed E-state index contributed by atoms with van der Waals surface area (Å²) in [5.41, 5.74) is 3.73. The van der Waals surface area contributed by atoms with Gasteiger partial charge in [0.1, 0.15) is 0 Å². The molecule has 0 radical (unpaired) electrons. The predicted octanol–water partition coefficient (Wildman–Crippen LogP) is 3.36. The van der Waals surface area contributed by atoms with Crippen LogP contribution < -0.4 is 15.2 Å². The van der Waals surface area contributed by atoms with Gasteiger partial charge in [0.15, 0.2) is 17.5 Å². The summed E-state index contributed by atoms with van der Waals surface area (Å²) in [6.45, 7) is 6.09. The Kier molecular flexibility index (Phi) is 6.23. The van der Waals surface area contributed by atoms with Crippen LogP contribution in [0.1, 0.15) is 25.3 Å². The average molecular weight is 356 g/mol. The van der Waals surface area contributed by atoms with Crippen LogP contribution in [0, 0.1) is 0 Å². The Bertz CT molecular complexity index is 664.